The monoisotopic (exact) mass is 547 g/mol. The van der Waals surface area contributed by atoms with Gasteiger partial charge in [-0.05, 0) is 56.2 Å². The molecule has 0 radical (unpaired) electrons. The molecule has 0 unspecified atom stereocenters. The number of hydrogen-bond donors (Lipinski definition) is 1. The fraction of sp³-hybridized carbons (Fsp3) is 0.708. The fourth-order valence-corrected chi connectivity index (χ4v) is 3.91. The second-order valence-corrected chi connectivity index (χ2v) is 8.03. The number of halogens is 1. The van der Waals surface area contributed by atoms with Crippen molar-refractivity contribution in [3.8, 4) is 11.5 Å². The molecule has 0 heterocycles. The van der Waals surface area contributed by atoms with Crippen LogP contribution >= 0.6 is 24.0 Å². The lowest BCUT2D eigenvalue weighted by Crippen LogP contribution is -2.40. The first-order valence-corrected chi connectivity index (χ1v) is 11.4. The van der Waals surface area contributed by atoms with Crippen molar-refractivity contribution in [2.45, 2.75) is 63.9 Å². The minimum absolute atomic E-state index is 0. The van der Waals surface area contributed by atoms with E-state index in [0.29, 0.717) is 6.10 Å². The number of hydrogen-bond acceptors (Lipinski definition) is 4. The third-order valence-corrected chi connectivity index (χ3v) is 5.77. The van der Waals surface area contributed by atoms with E-state index in [-0.39, 0.29) is 24.0 Å². The van der Waals surface area contributed by atoms with Gasteiger partial charge in [0.1, 0.15) is 0 Å². The van der Waals surface area contributed by atoms with Crippen LogP contribution in [0.2, 0.25) is 0 Å². The highest BCUT2D eigenvalue weighted by Crippen LogP contribution is 2.27. The molecule has 1 fully saturated rings. The van der Waals surface area contributed by atoms with Gasteiger partial charge in [0.05, 0.1) is 20.3 Å². The standard InChI is InChI=1S/C24H41N3O3.HI/c1-25-24(26-16-9-6-10-18-30-21-11-7-5-8-12-21)27(2)17-15-20-13-14-22(28-3)23(19-20)29-4;/h13-14,19,21H,5-12,15-18H2,1-4H3,(H,25,26);1H. The SMILES string of the molecule is CN=C(NCCCCCOC1CCCCC1)N(C)CCc1ccc(OC)c(OC)c1.I. The maximum atomic E-state index is 6.01. The highest BCUT2D eigenvalue weighted by atomic mass is 127. The van der Waals surface area contributed by atoms with E-state index >= 15 is 0 Å². The van der Waals surface area contributed by atoms with E-state index in [2.05, 4.69) is 28.3 Å². The number of nitrogens with zero attached hydrogens (tertiary/aromatic N) is 2. The molecule has 0 aliphatic heterocycles. The Kier molecular flexibility index (Phi) is 14.7. The Hall–Kier alpha value is -1.22. The highest BCUT2D eigenvalue weighted by molar-refractivity contribution is 14.0. The summed E-state index contributed by atoms with van der Waals surface area (Å²) in [5, 5.41) is 3.48. The Labute approximate surface area is 206 Å². The van der Waals surface area contributed by atoms with Gasteiger partial charge in [0.25, 0.3) is 0 Å². The van der Waals surface area contributed by atoms with Crippen molar-refractivity contribution in [1.29, 1.82) is 0 Å². The van der Waals surface area contributed by atoms with Crippen LogP contribution in [0.3, 0.4) is 0 Å². The third-order valence-electron chi connectivity index (χ3n) is 5.77. The average Bonchev–Trinajstić information content (AvgIpc) is 2.79. The minimum Gasteiger partial charge on any atom is -0.493 e. The van der Waals surface area contributed by atoms with Crippen molar-refractivity contribution in [2.24, 2.45) is 4.99 Å². The van der Waals surface area contributed by atoms with Gasteiger partial charge in [-0.25, -0.2) is 0 Å². The maximum Gasteiger partial charge on any atom is 0.193 e. The molecule has 1 saturated carbocycles. The quantitative estimate of drug-likeness (QED) is 0.175. The molecule has 7 heteroatoms. The third kappa shape index (κ3) is 10.3. The summed E-state index contributed by atoms with van der Waals surface area (Å²) < 4.78 is 16.7. The lowest BCUT2D eigenvalue weighted by molar-refractivity contribution is 0.0264. The van der Waals surface area contributed by atoms with Gasteiger partial charge in [-0.3, -0.25) is 4.99 Å². The zero-order chi connectivity index (χ0) is 21.6. The summed E-state index contributed by atoms with van der Waals surface area (Å²) in [4.78, 5) is 6.59. The summed E-state index contributed by atoms with van der Waals surface area (Å²) in [6.07, 6.45) is 11.5. The van der Waals surface area contributed by atoms with Crippen LogP contribution in [-0.2, 0) is 11.2 Å². The lowest BCUT2D eigenvalue weighted by atomic mass is 9.98. The van der Waals surface area contributed by atoms with Gasteiger partial charge in [-0.15, -0.1) is 24.0 Å². The van der Waals surface area contributed by atoms with Crippen molar-refractivity contribution in [3.05, 3.63) is 23.8 Å². The summed E-state index contributed by atoms with van der Waals surface area (Å²) in [6, 6.07) is 6.08. The second kappa shape index (κ2) is 16.4. The Morgan fingerprint density at radius 1 is 1.06 bits per heavy atom. The van der Waals surface area contributed by atoms with Crippen molar-refractivity contribution < 1.29 is 14.2 Å². The number of nitrogens with one attached hydrogen (secondary N) is 1. The topological polar surface area (TPSA) is 55.3 Å². The van der Waals surface area contributed by atoms with Crippen LogP contribution in [-0.4, -0.2) is 65.0 Å². The number of guanidine groups is 1. The van der Waals surface area contributed by atoms with Gasteiger partial charge in [-0.2, -0.15) is 0 Å². The molecule has 1 aromatic rings. The summed E-state index contributed by atoms with van der Waals surface area (Å²) in [6.45, 7) is 2.73. The van der Waals surface area contributed by atoms with E-state index in [1.165, 1.54) is 44.1 Å². The number of rotatable bonds is 12. The smallest absolute Gasteiger partial charge is 0.193 e. The molecule has 6 nitrogen and oxygen atoms in total. The maximum absolute atomic E-state index is 6.01. The largest absolute Gasteiger partial charge is 0.493 e. The number of likely N-dealkylation sites (N-methyl/N-ethyl adjacent to an activating group) is 1. The molecule has 0 atom stereocenters. The molecule has 1 N–H and O–H groups in total. The van der Waals surface area contributed by atoms with Crippen LogP contribution in [0.15, 0.2) is 23.2 Å². The molecular formula is C24H42IN3O3. The summed E-state index contributed by atoms with van der Waals surface area (Å²) in [5.74, 6) is 2.47. The van der Waals surface area contributed by atoms with Gasteiger partial charge in [0.15, 0.2) is 17.5 Å². The molecule has 0 bridgehead atoms. The van der Waals surface area contributed by atoms with Crippen molar-refractivity contribution in [1.82, 2.24) is 10.2 Å². The molecule has 0 amide bonds. The summed E-state index contributed by atoms with van der Waals surface area (Å²) in [7, 11) is 7.24. The van der Waals surface area contributed by atoms with Crippen LogP contribution in [0.5, 0.6) is 11.5 Å². The number of aliphatic imine (C=N–C) groups is 1. The number of benzene rings is 1. The first-order chi connectivity index (χ1) is 14.7. The van der Waals surface area contributed by atoms with Gasteiger partial charge in [-0.1, -0.05) is 25.3 Å². The van der Waals surface area contributed by atoms with Gasteiger partial charge in [0.2, 0.25) is 0 Å². The van der Waals surface area contributed by atoms with Crippen molar-refractivity contribution >= 4 is 29.9 Å². The molecular weight excluding hydrogens is 505 g/mol. The van der Waals surface area contributed by atoms with Gasteiger partial charge < -0.3 is 24.4 Å². The number of methoxy groups -OCH3 is 2. The molecule has 2 rings (SSSR count). The Morgan fingerprint density at radius 2 is 1.81 bits per heavy atom. The molecule has 178 valence electrons. The summed E-state index contributed by atoms with van der Waals surface area (Å²) in [5.41, 5.74) is 1.22. The van der Waals surface area contributed by atoms with E-state index in [1.54, 1.807) is 14.2 Å². The lowest BCUT2D eigenvalue weighted by Gasteiger charge is -2.23. The Balaban J connectivity index is 0.00000480. The Morgan fingerprint density at radius 3 is 2.48 bits per heavy atom. The minimum atomic E-state index is 0. The molecule has 31 heavy (non-hydrogen) atoms. The van der Waals surface area contributed by atoms with Crippen LogP contribution in [0.4, 0.5) is 0 Å². The van der Waals surface area contributed by atoms with E-state index in [1.807, 2.05) is 19.2 Å². The van der Waals surface area contributed by atoms with Crippen LogP contribution in [0.25, 0.3) is 0 Å². The highest BCUT2D eigenvalue weighted by Gasteiger charge is 2.13. The van der Waals surface area contributed by atoms with E-state index in [9.17, 15) is 0 Å². The zero-order valence-corrected chi connectivity index (χ0v) is 22.2. The average molecular weight is 548 g/mol. The van der Waals surface area contributed by atoms with Crippen LogP contribution < -0.4 is 14.8 Å². The van der Waals surface area contributed by atoms with Crippen molar-refractivity contribution in [3.63, 3.8) is 0 Å². The van der Waals surface area contributed by atoms with E-state index in [0.717, 1.165) is 56.4 Å². The Bertz CT molecular complexity index is 636. The van der Waals surface area contributed by atoms with E-state index < -0.39 is 0 Å². The number of unbranched alkanes of at least 4 members (excludes halogenated alkanes) is 2. The van der Waals surface area contributed by atoms with Gasteiger partial charge >= 0.3 is 0 Å². The van der Waals surface area contributed by atoms with Gasteiger partial charge in [0, 0.05) is 33.8 Å². The molecule has 0 aromatic heterocycles. The van der Waals surface area contributed by atoms with Crippen LogP contribution in [0.1, 0.15) is 56.9 Å². The predicted octanol–water partition coefficient (Wildman–Crippen LogP) is 4.89. The van der Waals surface area contributed by atoms with Crippen LogP contribution in [0, 0.1) is 0 Å². The molecule has 1 aliphatic carbocycles. The second-order valence-electron chi connectivity index (χ2n) is 8.03. The number of ether oxygens (including phenoxy) is 3. The fourth-order valence-electron chi connectivity index (χ4n) is 3.91. The van der Waals surface area contributed by atoms with E-state index in [4.69, 9.17) is 14.2 Å². The first-order valence-electron chi connectivity index (χ1n) is 11.4. The molecule has 0 spiro atoms. The molecule has 1 aromatic carbocycles. The zero-order valence-electron chi connectivity index (χ0n) is 19.8. The first kappa shape index (κ1) is 27.8. The van der Waals surface area contributed by atoms with Crippen molar-refractivity contribution in [2.75, 3.05) is 48.0 Å². The molecule has 0 saturated heterocycles. The summed E-state index contributed by atoms with van der Waals surface area (Å²) >= 11 is 0. The predicted molar refractivity (Wildman–Crippen MR) is 139 cm³/mol. The normalized spacial score (nSPS) is 14.6. The molecule has 1 aliphatic rings.